The van der Waals surface area contributed by atoms with E-state index in [1.54, 1.807) is 0 Å². The molecule has 2 aromatic rings. The van der Waals surface area contributed by atoms with Crippen molar-refractivity contribution in [1.29, 1.82) is 0 Å². The zero-order valence-corrected chi connectivity index (χ0v) is 14.2. The van der Waals surface area contributed by atoms with E-state index in [-0.39, 0.29) is 11.6 Å². The Hall–Kier alpha value is -2.33. The largest absolute Gasteiger partial charge is 0.362 e. The van der Waals surface area contributed by atoms with Crippen LogP contribution in [0.2, 0.25) is 0 Å². The molecule has 0 saturated carbocycles. The van der Waals surface area contributed by atoms with E-state index in [2.05, 4.69) is 45.9 Å². The van der Waals surface area contributed by atoms with E-state index in [4.69, 9.17) is 0 Å². The SMILES string of the molecule is O=C1NC2(C[C@H]3CC[C@H](C2)N3Cc2ccccc2)Nc2ccccc21. The van der Waals surface area contributed by atoms with Gasteiger partial charge in [-0.2, -0.15) is 0 Å². The Morgan fingerprint density at radius 2 is 1.60 bits per heavy atom. The summed E-state index contributed by atoms with van der Waals surface area (Å²) in [5.41, 5.74) is 2.82. The zero-order valence-electron chi connectivity index (χ0n) is 14.2. The van der Waals surface area contributed by atoms with Gasteiger partial charge in [-0.25, -0.2) is 0 Å². The molecule has 25 heavy (non-hydrogen) atoms. The highest BCUT2D eigenvalue weighted by Crippen LogP contribution is 2.43. The van der Waals surface area contributed by atoms with Gasteiger partial charge in [0.05, 0.1) is 5.56 Å². The van der Waals surface area contributed by atoms with Crippen molar-refractivity contribution in [2.24, 2.45) is 0 Å². The number of anilines is 1. The van der Waals surface area contributed by atoms with E-state index in [0.29, 0.717) is 12.1 Å². The van der Waals surface area contributed by atoms with Gasteiger partial charge >= 0.3 is 0 Å². The number of benzene rings is 2. The fraction of sp³-hybridized carbons (Fsp3) is 0.381. The number of nitrogens with one attached hydrogen (secondary N) is 2. The van der Waals surface area contributed by atoms with Crippen LogP contribution in [0.5, 0.6) is 0 Å². The molecule has 2 bridgehead atoms. The summed E-state index contributed by atoms with van der Waals surface area (Å²) in [7, 11) is 0. The molecule has 1 amide bonds. The number of amides is 1. The van der Waals surface area contributed by atoms with Gasteiger partial charge < -0.3 is 10.6 Å². The molecule has 3 aliphatic heterocycles. The van der Waals surface area contributed by atoms with Crippen LogP contribution in [0.3, 0.4) is 0 Å². The topological polar surface area (TPSA) is 44.4 Å². The number of nitrogens with zero attached hydrogens (tertiary/aromatic N) is 1. The van der Waals surface area contributed by atoms with E-state index in [1.807, 2.05) is 24.3 Å². The number of carbonyl (C=O) groups excluding carboxylic acids is 1. The van der Waals surface area contributed by atoms with Crippen LogP contribution in [0, 0.1) is 0 Å². The maximum atomic E-state index is 12.6. The number of hydrogen-bond acceptors (Lipinski definition) is 3. The fourth-order valence-electron chi connectivity index (χ4n) is 4.96. The molecule has 3 heterocycles. The molecule has 2 atom stereocenters. The summed E-state index contributed by atoms with van der Waals surface area (Å²) in [5.74, 6) is 0.0604. The van der Waals surface area contributed by atoms with E-state index in [0.717, 1.165) is 30.6 Å². The predicted octanol–water partition coefficient (Wildman–Crippen LogP) is 3.37. The third-order valence-corrected chi connectivity index (χ3v) is 6.05. The second kappa shape index (κ2) is 5.60. The Balaban J connectivity index is 1.39. The smallest absolute Gasteiger partial charge is 0.255 e. The third kappa shape index (κ3) is 2.52. The second-order valence-electron chi connectivity index (χ2n) is 7.66. The lowest BCUT2D eigenvalue weighted by Crippen LogP contribution is -2.64. The summed E-state index contributed by atoms with van der Waals surface area (Å²) >= 11 is 0. The highest BCUT2D eigenvalue weighted by atomic mass is 16.2. The highest BCUT2D eigenvalue weighted by molar-refractivity contribution is 6.02. The van der Waals surface area contributed by atoms with Gasteiger partial charge in [0.25, 0.3) is 5.91 Å². The summed E-state index contributed by atoms with van der Waals surface area (Å²) in [6.45, 7) is 1.01. The fourth-order valence-corrected chi connectivity index (χ4v) is 4.96. The van der Waals surface area contributed by atoms with Gasteiger partial charge in [-0.3, -0.25) is 9.69 Å². The monoisotopic (exact) mass is 333 g/mol. The first-order chi connectivity index (χ1) is 12.2. The Morgan fingerprint density at radius 3 is 2.36 bits per heavy atom. The number of fused-ring (bicyclic) bond motifs is 3. The van der Waals surface area contributed by atoms with Crippen LogP contribution in [0.15, 0.2) is 54.6 Å². The van der Waals surface area contributed by atoms with Crippen LogP contribution in [0.4, 0.5) is 5.69 Å². The molecule has 2 saturated heterocycles. The molecule has 128 valence electrons. The van der Waals surface area contributed by atoms with Crippen molar-refractivity contribution in [1.82, 2.24) is 10.2 Å². The standard InChI is InChI=1S/C21H23N3O/c25-20-18-8-4-5-9-19(18)22-21(23-20)12-16-10-11-17(13-21)24(16)14-15-6-2-1-3-7-15/h1-9,16-17,22H,10-14H2,(H,23,25)/t16-,17-/m1/s1. The van der Waals surface area contributed by atoms with Gasteiger partial charge in [-0.15, -0.1) is 0 Å². The van der Waals surface area contributed by atoms with Crippen molar-refractivity contribution in [3.63, 3.8) is 0 Å². The van der Waals surface area contributed by atoms with E-state index in [9.17, 15) is 4.79 Å². The second-order valence-corrected chi connectivity index (χ2v) is 7.66. The Kier molecular flexibility index (Phi) is 3.35. The molecule has 0 unspecified atom stereocenters. The van der Waals surface area contributed by atoms with Crippen molar-refractivity contribution in [3.05, 3.63) is 65.7 Å². The van der Waals surface area contributed by atoms with Crippen LogP contribution in [-0.2, 0) is 6.54 Å². The quantitative estimate of drug-likeness (QED) is 0.886. The van der Waals surface area contributed by atoms with Crippen molar-refractivity contribution in [2.45, 2.75) is 50.0 Å². The first kappa shape index (κ1) is 15.0. The van der Waals surface area contributed by atoms with Gasteiger partial charge in [-0.05, 0) is 30.5 Å². The minimum absolute atomic E-state index is 0.0604. The number of carbonyl (C=O) groups is 1. The molecule has 4 heteroatoms. The summed E-state index contributed by atoms with van der Waals surface area (Å²) in [6.07, 6.45) is 4.38. The molecule has 0 radical (unpaired) electrons. The Bertz CT molecular complexity index is 790. The molecule has 2 fully saturated rings. The van der Waals surface area contributed by atoms with Crippen molar-refractivity contribution >= 4 is 11.6 Å². The zero-order chi connectivity index (χ0) is 16.9. The van der Waals surface area contributed by atoms with Crippen molar-refractivity contribution in [2.75, 3.05) is 5.32 Å². The Morgan fingerprint density at radius 1 is 0.920 bits per heavy atom. The average Bonchev–Trinajstić information content (AvgIpc) is 2.87. The van der Waals surface area contributed by atoms with Gasteiger partial charge in [0.15, 0.2) is 0 Å². The number of rotatable bonds is 2. The third-order valence-electron chi connectivity index (χ3n) is 6.05. The van der Waals surface area contributed by atoms with Gasteiger partial charge in [0, 0.05) is 37.2 Å². The van der Waals surface area contributed by atoms with E-state index >= 15 is 0 Å². The number of para-hydroxylation sites is 1. The lowest BCUT2D eigenvalue weighted by atomic mass is 9.87. The summed E-state index contributed by atoms with van der Waals surface area (Å²) in [5, 5.41) is 6.97. The molecule has 0 aromatic heterocycles. The van der Waals surface area contributed by atoms with Gasteiger partial charge in [-0.1, -0.05) is 42.5 Å². The maximum absolute atomic E-state index is 12.6. The lowest BCUT2D eigenvalue weighted by molar-refractivity contribution is 0.0609. The molecule has 2 N–H and O–H groups in total. The van der Waals surface area contributed by atoms with Crippen LogP contribution >= 0.6 is 0 Å². The number of piperidine rings is 1. The predicted molar refractivity (Wildman–Crippen MR) is 98.3 cm³/mol. The molecule has 0 aliphatic carbocycles. The summed E-state index contributed by atoms with van der Waals surface area (Å²) < 4.78 is 0. The Labute approximate surface area is 148 Å². The number of hydrogen-bond donors (Lipinski definition) is 2. The minimum atomic E-state index is -0.287. The molecule has 5 rings (SSSR count). The van der Waals surface area contributed by atoms with Crippen LogP contribution in [-0.4, -0.2) is 28.6 Å². The van der Waals surface area contributed by atoms with E-state index < -0.39 is 0 Å². The van der Waals surface area contributed by atoms with E-state index in [1.165, 1.54) is 18.4 Å². The average molecular weight is 333 g/mol. The van der Waals surface area contributed by atoms with Crippen molar-refractivity contribution in [3.8, 4) is 0 Å². The van der Waals surface area contributed by atoms with Gasteiger partial charge in [0.1, 0.15) is 5.66 Å². The normalized spacial score (nSPS) is 30.6. The molecular formula is C21H23N3O. The highest BCUT2D eigenvalue weighted by Gasteiger charge is 2.50. The van der Waals surface area contributed by atoms with Gasteiger partial charge in [0.2, 0.25) is 0 Å². The maximum Gasteiger partial charge on any atom is 0.255 e. The summed E-state index contributed by atoms with van der Waals surface area (Å²) in [6, 6.07) is 19.6. The molecular weight excluding hydrogens is 310 g/mol. The molecule has 1 spiro atoms. The molecule has 2 aromatic carbocycles. The van der Waals surface area contributed by atoms with Crippen molar-refractivity contribution < 1.29 is 4.79 Å². The molecule has 4 nitrogen and oxygen atoms in total. The summed E-state index contributed by atoms with van der Waals surface area (Å²) in [4.78, 5) is 15.2. The first-order valence-electron chi connectivity index (χ1n) is 9.22. The van der Waals surface area contributed by atoms with Crippen LogP contribution in [0.25, 0.3) is 0 Å². The lowest BCUT2D eigenvalue weighted by Gasteiger charge is -2.49. The first-order valence-corrected chi connectivity index (χ1v) is 9.22. The van der Waals surface area contributed by atoms with Crippen LogP contribution < -0.4 is 10.6 Å². The minimum Gasteiger partial charge on any atom is -0.362 e. The van der Waals surface area contributed by atoms with Crippen LogP contribution in [0.1, 0.15) is 41.6 Å². The molecule has 3 aliphatic rings.